The van der Waals surface area contributed by atoms with E-state index in [-0.39, 0.29) is 23.1 Å². The number of amides is 1. The van der Waals surface area contributed by atoms with Gasteiger partial charge >= 0.3 is 0 Å². The van der Waals surface area contributed by atoms with Crippen molar-refractivity contribution in [2.75, 3.05) is 30.4 Å². The van der Waals surface area contributed by atoms with Gasteiger partial charge in [0.05, 0.1) is 16.2 Å². The zero-order chi connectivity index (χ0) is 20.3. The molecule has 8 heteroatoms. The lowest BCUT2D eigenvalue weighted by atomic mass is 10.0. The number of aryl methyl sites for hydroxylation is 1. The van der Waals surface area contributed by atoms with Gasteiger partial charge in [-0.3, -0.25) is 14.9 Å². The minimum absolute atomic E-state index is 0.0153. The molecule has 0 spiro atoms. The molecule has 1 atom stereocenters. The van der Waals surface area contributed by atoms with Gasteiger partial charge in [-0.25, -0.2) is 4.39 Å². The van der Waals surface area contributed by atoms with Gasteiger partial charge in [0.25, 0.3) is 11.6 Å². The van der Waals surface area contributed by atoms with E-state index >= 15 is 0 Å². The molecule has 7 nitrogen and oxygen atoms in total. The lowest BCUT2D eigenvalue weighted by molar-refractivity contribution is -0.384. The van der Waals surface area contributed by atoms with Crippen LogP contribution < -0.4 is 15.5 Å². The smallest absolute Gasteiger partial charge is 0.270 e. The Morgan fingerprint density at radius 2 is 2.07 bits per heavy atom. The van der Waals surface area contributed by atoms with Crippen LogP contribution >= 0.6 is 0 Å². The summed E-state index contributed by atoms with van der Waals surface area (Å²) in [6, 6.07) is 9.22. The van der Waals surface area contributed by atoms with Gasteiger partial charge in [-0.15, -0.1) is 0 Å². The Balaban J connectivity index is 1.82. The van der Waals surface area contributed by atoms with Gasteiger partial charge in [0, 0.05) is 44.0 Å². The molecule has 0 aromatic heterocycles. The molecule has 0 bridgehead atoms. The number of carbonyl (C=O) groups is 1. The van der Waals surface area contributed by atoms with Crippen LogP contribution in [-0.2, 0) is 0 Å². The first-order chi connectivity index (χ1) is 13.4. The Kier molecular flexibility index (Phi) is 5.77. The van der Waals surface area contributed by atoms with Crippen LogP contribution in [0.4, 0.5) is 21.5 Å². The lowest BCUT2D eigenvalue weighted by Crippen LogP contribution is -2.42. The predicted molar refractivity (Wildman–Crippen MR) is 106 cm³/mol. The van der Waals surface area contributed by atoms with Crippen LogP contribution in [0.25, 0.3) is 0 Å². The highest BCUT2D eigenvalue weighted by atomic mass is 19.1. The average Bonchev–Trinajstić information content (AvgIpc) is 2.69. The fraction of sp³-hybridized carbons (Fsp3) is 0.350. The summed E-state index contributed by atoms with van der Waals surface area (Å²) in [7, 11) is 1.48. The molecular weight excluding hydrogens is 363 g/mol. The van der Waals surface area contributed by atoms with Crippen molar-refractivity contribution in [3.63, 3.8) is 0 Å². The summed E-state index contributed by atoms with van der Waals surface area (Å²) in [5, 5.41) is 16.9. The van der Waals surface area contributed by atoms with Crippen LogP contribution in [0.5, 0.6) is 0 Å². The molecule has 0 aliphatic carbocycles. The fourth-order valence-corrected chi connectivity index (χ4v) is 3.49. The number of benzene rings is 2. The minimum Gasteiger partial charge on any atom is -0.380 e. The highest BCUT2D eigenvalue weighted by Gasteiger charge is 2.24. The number of carbonyl (C=O) groups excluding carboxylic acids is 1. The summed E-state index contributed by atoms with van der Waals surface area (Å²) in [6.07, 6.45) is 1.72. The van der Waals surface area contributed by atoms with Gasteiger partial charge in [0.15, 0.2) is 0 Å². The molecular formula is C20H23FN4O3. The van der Waals surface area contributed by atoms with E-state index in [4.69, 9.17) is 0 Å². The van der Waals surface area contributed by atoms with E-state index in [1.807, 2.05) is 17.9 Å². The average molecular weight is 386 g/mol. The predicted octanol–water partition coefficient (Wildman–Crippen LogP) is 3.48. The fourth-order valence-electron chi connectivity index (χ4n) is 3.49. The molecule has 28 heavy (non-hydrogen) atoms. The van der Waals surface area contributed by atoms with E-state index in [1.165, 1.54) is 25.2 Å². The van der Waals surface area contributed by atoms with Crippen molar-refractivity contribution in [3.8, 4) is 0 Å². The van der Waals surface area contributed by atoms with E-state index in [2.05, 4.69) is 10.6 Å². The summed E-state index contributed by atoms with van der Waals surface area (Å²) in [4.78, 5) is 24.7. The second-order valence-electron chi connectivity index (χ2n) is 6.95. The number of rotatable bonds is 5. The summed E-state index contributed by atoms with van der Waals surface area (Å²) in [5.74, 6) is -0.656. The van der Waals surface area contributed by atoms with Gasteiger partial charge in [-0.2, -0.15) is 0 Å². The third-order valence-corrected chi connectivity index (χ3v) is 4.91. The van der Waals surface area contributed by atoms with Crippen LogP contribution in [-0.4, -0.2) is 37.0 Å². The van der Waals surface area contributed by atoms with Crippen molar-refractivity contribution in [1.82, 2.24) is 5.32 Å². The standard InChI is InChI=1S/C20H23FN4O3/c1-13-5-7-17(21)19(10-13)24-9-3-4-14(12-24)23-18-8-6-15(25(27)28)11-16(18)20(26)22-2/h5-8,10-11,14,23H,3-4,9,12H2,1-2H3,(H,22,26). The molecule has 148 valence electrons. The van der Waals surface area contributed by atoms with Crippen LogP contribution in [0.15, 0.2) is 36.4 Å². The molecule has 1 amide bonds. The number of nitrogens with one attached hydrogen (secondary N) is 2. The Morgan fingerprint density at radius 3 is 2.79 bits per heavy atom. The summed E-state index contributed by atoms with van der Waals surface area (Å²) >= 11 is 0. The number of anilines is 2. The maximum absolute atomic E-state index is 14.3. The van der Waals surface area contributed by atoms with Gasteiger partial charge < -0.3 is 15.5 Å². The maximum atomic E-state index is 14.3. The summed E-state index contributed by atoms with van der Waals surface area (Å²) in [6.45, 7) is 3.25. The number of hydrogen-bond acceptors (Lipinski definition) is 5. The van der Waals surface area contributed by atoms with E-state index < -0.39 is 10.8 Å². The van der Waals surface area contributed by atoms with Crippen LogP contribution in [0, 0.1) is 22.9 Å². The number of piperidine rings is 1. The number of nitro benzene ring substituents is 1. The maximum Gasteiger partial charge on any atom is 0.270 e. The first-order valence-corrected chi connectivity index (χ1v) is 9.17. The van der Waals surface area contributed by atoms with Crippen LogP contribution in [0.3, 0.4) is 0 Å². The zero-order valence-corrected chi connectivity index (χ0v) is 15.9. The molecule has 1 fully saturated rings. The molecule has 3 rings (SSSR count). The van der Waals surface area contributed by atoms with Crippen molar-refractivity contribution in [2.45, 2.75) is 25.8 Å². The molecule has 1 unspecified atom stereocenters. The van der Waals surface area contributed by atoms with Gasteiger partial charge in [0.1, 0.15) is 5.82 Å². The third-order valence-electron chi connectivity index (χ3n) is 4.91. The second kappa shape index (κ2) is 8.24. The Morgan fingerprint density at radius 1 is 1.29 bits per heavy atom. The molecule has 1 heterocycles. The monoisotopic (exact) mass is 386 g/mol. The minimum atomic E-state index is -0.529. The van der Waals surface area contributed by atoms with Crippen molar-refractivity contribution < 1.29 is 14.1 Å². The lowest BCUT2D eigenvalue weighted by Gasteiger charge is -2.35. The van der Waals surface area contributed by atoms with Crippen LogP contribution in [0.2, 0.25) is 0 Å². The Bertz CT molecular complexity index is 903. The molecule has 0 saturated carbocycles. The van der Waals surface area contributed by atoms with E-state index in [0.717, 1.165) is 24.9 Å². The largest absolute Gasteiger partial charge is 0.380 e. The number of nitrogens with zero attached hydrogens (tertiary/aromatic N) is 2. The highest BCUT2D eigenvalue weighted by molar-refractivity contribution is 6.00. The SMILES string of the molecule is CNC(=O)c1cc([N+](=O)[O-])ccc1NC1CCCN(c2cc(C)ccc2F)C1. The van der Waals surface area contributed by atoms with Crippen LogP contribution in [0.1, 0.15) is 28.8 Å². The zero-order valence-electron chi connectivity index (χ0n) is 15.9. The van der Waals surface area contributed by atoms with Crippen molar-refractivity contribution in [1.29, 1.82) is 0 Å². The van der Waals surface area contributed by atoms with Gasteiger partial charge in [0.2, 0.25) is 0 Å². The Labute approximate surface area is 162 Å². The molecule has 2 N–H and O–H groups in total. The van der Waals surface area contributed by atoms with Crippen molar-refractivity contribution in [2.24, 2.45) is 0 Å². The first-order valence-electron chi connectivity index (χ1n) is 9.17. The number of halogens is 1. The first kappa shape index (κ1) is 19.6. The normalized spacial score (nSPS) is 16.5. The number of non-ortho nitro benzene ring substituents is 1. The molecule has 2 aromatic rings. The molecule has 1 aliphatic heterocycles. The highest BCUT2D eigenvalue weighted by Crippen LogP contribution is 2.28. The topological polar surface area (TPSA) is 87.5 Å². The van der Waals surface area contributed by atoms with Crippen molar-refractivity contribution >= 4 is 23.0 Å². The van der Waals surface area contributed by atoms with E-state index in [9.17, 15) is 19.3 Å². The summed E-state index contributed by atoms with van der Waals surface area (Å²) in [5.41, 5.74) is 2.17. The van der Waals surface area contributed by atoms with E-state index in [0.29, 0.717) is 17.9 Å². The molecule has 1 aliphatic rings. The number of hydrogen-bond donors (Lipinski definition) is 2. The number of nitro groups is 1. The van der Waals surface area contributed by atoms with Crippen molar-refractivity contribution in [3.05, 3.63) is 63.5 Å². The summed E-state index contributed by atoms with van der Waals surface area (Å²) < 4.78 is 14.3. The molecule has 0 radical (unpaired) electrons. The molecule has 1 saturated heterocycles. The van der Waals surface area contributed by atoms with E-state index in [1.54, 1.807) is 12.1 Å². The van der Waals surface area contributed by atoms with Gasteiger partial charge in [-0.1, -0.05) is 6.07 Å². The Hall–Kier alpha value is -3.16. The third kappa shape index (κ3) is 4.21. The quantitative estimate of drug-likeness (QED) is 0.607. The molecule has 2 aromatic carbocycles. The van der Waals surface area contributed by atoms with Gasteiger partial charge in [-0.05, 0) is 43.5 Å². The second-order valence-corrected chi connectivity index (χ2v) is 6.95.